The summed E-state index contributed by atoms with van der Waals surface area (Å²) in [6.45, 7) is 3.29. The van der Waals surface area contributed by atoms with Gasteiger partial charge in [0.15, 0.2) is 5.11 Å². The number of nitrogens with zero attached hydrogens (tertiary/aromatic N) is 2. The van der Waals surface area contributed by atoms with Gasteiger partial charge >= 0.3 is 0 Å². The molecule has 1 aliphatic rings. The maximum absolute atomic E-state index is 11.7. The topological polar surface area (TPSA) is 47.6 Å². The van der Waals surface area contributed by atoms with Gasteiger partial charge in [-0.2, -0.15) is 0 Å². The van der Waals surface area contributed by atoms with Crippen molar-refractivity contribution in [1.29, 1.82) is 0 Å². The molecule has 5 nitrogen and oxygen atoms in total. The Bertz CT molecular complexity index is 515. The Morgan fingerprint density at radius 3 is 2.59 bits per heavy atom. The van der Waals surface area contributed by atoms with Crippen molar-refractivity contribution in [3.8, 4) is 0 Å². The molecular formula is C16H24N4OS. The zero-order valence-corrected chi connectivity index (χ0v) is 14.1. The van der Waals surface area contributed by atoms with Gasteiger partial charge in [0.25, 0.3) is 0 Å². The van der Waals surface area contributed by atoms with Crippen molar-refractivity contribution in [2.24, 2.45) is 0 Å². The predicted molar refractivity (Wildman–Crippen MR) is 94.0 cm³/mol. The fourth-order valence-electron chi connectivity index (χ4n) is 2.35. The van der Waals surface area contributed by atoms with Gasteiger partial charge in [-0.1, -0.05) is 12.1 Å². The third-order valence-corrected chi connectivity index (χ3v) is 3.91. The van der Waals surface area contributed by atoms with E-state index in [0.717, 1.165) is 37.3 Å². The summed E-state index contributed by atoms with van der Waals surface area (Å²) in [6.07, 6.45) is 1.62. The number of carbonyl (C=O) groups is 1. The number of likely N-dealkylation sites (N-methyl/N-ethyl adjacent to an activating group) is 1. The quantitative estimate of drug-likeness (QED) is 0.775. The van der Waals surface area contributed by atoms with Gasteiger partial charge in [-0.05, 0) is 50.4 Å². The van der Waals surface area contributed by atoms with Crippen LogP contribution in [-0.4, -0.2) is 49.6 Å². The highest BCUT2D eigenvalue weighted by molar-refractivity contribution is 7.80. The molecule has 1 aromatic rings. The van der Waals surface area contributed by atoms with Crippen LogP contribution in [-0.2, 0) is 11.3 Å². The Kier molecular flexibility index (Phi) is 6.15. The molecule has 0 atom stereocenters. The van der Waals surface area contributed by atoms with Crippen molar-refractivity contribution in [3.63, 3.8) is 0 Å². The highest BCUT2D eigenvalue weighted by Crippen LogP contribution is 2.21. The van der Waals surface area contributed by atoms with Crippen LogP contribution in [0.4, 0.5) is 5.69 Å². The van der Waals surface area contributed by atoms with E-state index in [1.807, 2.05) is 43.3 Å². The molecule has 120 valence electrons. The van der Waals surface area contributed by atoms with E-state index in [0.29, 0.717) is 18.1 Å². The molecule has 1 saturated heterocycles. The van der Waals surface area contributed by atoms with Crippen LogP contribution in [0.15, 0.2) is 24.3 Å². The van der Waals surface area contributed by atoms with E-state index in [9.17, 15) is 4.79 Å². The highest BCUT2D eigenvalue weighted by atomic mass is 32.1. The molecule has 22 heavy (non-hydrogen) atoms. The molecule has 0 aliphatic carbocycles. The number of carbonyl (C=O) groups excluding carboxylic acids is 1. The van der Waals surface area contributed by atoms with Gasteiger partial charge < -0.3 is 20.4 Å². The van der Waals surface area contributed by atoms with E-state index in [4.69, 9.17) is 12.2 Å². The monoisotopic (exact) mass is 320 g/mol. The second-order valence-electron chi connectivity index (χ2n) is 5.73. The Balaban J connectivity index is 1.76. The number of hydrogen-bond donors (Lipinski definition) is 2. The average molecular weight is 320 g/mol. The molecule has 0 bridgehead atoms. The Morgan fingerprint density at radius 1 is 1.27 bits per heavy atom. The summed E-state index contributed by atoms with van der Waals surface area (Å²) in [5, 5.41) is 7.03. The summed E-state index contributed by atoms with van der Waals surface area (Å²) in [5.41, 5.74) is 2.13. The zero-order chi connectivity index (χ0) is 15.9. The first kappa shape index (κ1) is 16.7. The van der Waals surface area contributed by atoms with Crippen molar-refractivity contribution >= 4 is 28.9 Å². The molecule has 0 aromatic heterocycles. The molecule has 2 N–H and O–H groups in total. The van der Waals surface area contributed by atoms with Crippen LogP contribution >= 0.6 is 12.2 Å². The van der Waals surface area contributed by atoms with Gasteiger partial charge in [0.1, 0.15) is 0 Å². The van der Waals surface area contributed by atoms with Crippen molar-refractivity contribution in [2.75, 3.05) is 38.6 Å². The molecule has 1 aliphatic heterocycles. The van der Waals surface area contributed by atoms with Gasteiger partial charge in [-0.25, -0.2) is 0 Å². The van der Waals surface area contributed by atoms with E-state index in [-0.39, 0.29) is 5.91 Å². The van der Waals surface area contributed by atoms with E-state index >= 15 is 0 Å². The maximum Gasteiger partial charge on any atom is 0.227 e. The summed E-state index contributed by atoms with van der Waals surface area (Å²) in [4.78, 5) is 15.7. The molecule has 0 unspecified atom stereocenters. The maximum atomic E-state index is 11.7. The third-order valence-electron chi connectivity index (χ3n) is 3.62. The lowest BCUT2D eigenvalue weighted by Crippen LogP contribution is -2.38. The smallest absolute Gasteiger partial charge is 0.227 e. The summed E-state index contributed by atoms with van der Waals surface area (Å²) in [7, 11) is 4.07. The summed E-state index contributed by atoms with van der Waals surface area (Å²) in [5.74, 6) is 0.220. The fourth-order valence-corrected chi connectivity index (χ4v) is 2.53. The molecule has 1 aromatic carbocycles. The molecular weight excluding hydrogens is 296 g/mol. The number of anilines is 1. The molecule has 0 spiro atoms. The zero-order valence-electron chi connectivity index (χ0n) is 13.3. The lowest BCUT2D eigenvalue weighted by atomic mass is 10.2. The summed E-state index contributed by atoms with van der Waals surface area (Å²) < 4.78 is 0. The van der Waals surface area contributed by atoms with Gasteiger partial charge in [0, 0.05) is 38.3 Å². The first-order valence-electron chi connectivity index (χ1n) is 7.62. The van der Waals surface area contributed by atoms with Crippen LogP contribution in [0, 0.1) is 0 Å². The molecule has 1 amide bonds. The van der Waals surface area contributed by atoms with E-state index in [1.54, 1.807) is 0 Å². The van der Waals surface area contributed by atoms with E-state index < -0.39 is 0 Å². The Morgan fingerprint density at radius 2 is 2.00 bits per heavy atom. The Hall–Kier alpha value is -1.66. The van der Waals surface area contributed by atoms with Crippen LogP contribution in [0.5, 0.6) is 0 Å². The number of nitrogens with one attached hydrogen (secondary N) is 2. The minimum atomic E-state index is 0.220. The minimum absolute atomic E-state index is 0.220. The van der Waals surface area contributed by atoms with Crippen molar-refractivity contribution in [3.05, 3.63) is 29.8 Å². The van der Waals surface area contributed by atoms with Crippen LogP contribution in [0.2, 0.25) is 0 Å². The number of rotatable bonds is 6. The molecule has 0 saturated carbocycles. The van der Waals surface area contributed by atoms with Gasteiger partial charge in [-0.3, -0.25) is 4.79 Å². The second-order valence-corrected chi connectivity index (χ2v) is 6.14. The largest absolute Gasteiger partial charge is 0.361 e. The number of amides is 1. The summed E-state index contributed by atoms with van der Waals surface area (Å²) in [6, 6.07) is 8.08. The van der Waals surface area contributed by atoms with E-state index in [1.165, 1.54) is 0 Å². The lowest BCUT2D eigenvalue weighted by Gasteiger charge is -2.16. The van der Waals surface area contributed by atoms with Crippen LogP contribution in [0.1, 0.15) is 18.4 Å². The van der Waals surface area contributed by atoms with E-state index in [2.05, 4.69) is 15.5 Å². The lowest BCUT2D eigenvalue weighted by molar-refractivity contribution is -0.117. The first-order chi connectivity index (χ1) is 10.6. The third kappa shape index (κ3) is 4.96. The molecule has 2 rings (SSSR count). The number of hydrogen-bond acceptors (Lipinski definition) is 3. The standard InChI is InChI=1S/C16H24N4OS/c1-19(2)11-9-17-16(22)18-12-13-5-7-14(8-6-13)20-10-3-4-15(20)21/h5-8H,3-4,9-12H2,1-2H3,(H2,17,18,22). The van der Waals surface area contributed by atoms with Crippen molar-refractivity contribution in [1.82, 2.24) is 15.5 Å². The molecule has 0 radical (unpaired) electrons. The molecule has 1 heterocycles. The first-order valence-corrected chi connectivity index (χ1v) is 8.03. The second kappa shape index (κ2) is 8.10. The SMILES string of the molecule is CN(C)CCNC(=S)NCc1ccc(N2CCCC2=O)cc1. The molecule has 6 heteroatoms. The van der Waals surface area contributed by atoms with Crippen LogP contribution < -0.4 is 15.5 Å². The van der Waals surface area contributed by atoms with Crippen LogP contribution in [0.25, 0.3) is 0 Å². The normalized spacial score (nSPS) is 14.5. The molecule has 1 fully saturated rings. The van der Waals surface area contributed by atoms with Gasteiger partial charge in [-0.15, -0.1) is 0 Å². The van der Waals surface area contributed by atoms with Crippen LogP contribution in [0.3, 0.4) is 0 Å². The minimum Gasteiger partial charge on any atom is -0.361 e. The van der Waals surface area contributed by atoms with Crippen molar-refractivity contribution in [2.45, 2.75) is 19.4 Å². The van der Waals surface area contributed by atoms with Crippen molar-refractivity contribution < 1.29 is 4.79 Å². The van der Waals surface area contributed by atoms with Gasteiger partial charge in [0.05, 0.1) is 0 Å². The van der Waals surface area contributed by atoms with Gasteiger partial charge in [0.2, 0.25) is 5.91 Å². The average Bonchev–Trinajstić information content (AvgIpc) is 2.91. The highest BCUT2D eigenvalue weighted by Gasteiger charge is 2.21. The summed E-state index contributed by atoms with van der Waals surface area (Å²) >= 11 is 5.24. The predicted octanol–water partition coefficient (Wildman–Crippen LogP) is 1.34. The number of benzene rings is 1. The number of thiocarbonyl (C=S) groups is 1. The fraction of sp³-hybridized carbons (Fsp3) is 0.500. The Labute approximate surface area is 137 Å².